The van der Waals surface area contributed by atoms with Crippen LogP contribution in [-0.4, -0.2) is 12.6 Å². The summed E-state index contributed by atoms with van der Waals surface area (Å²) in [5.74, 6) is 1.65. The lowest BCUT2D eigenvalue weighted by molar-refractivity contribution is 0.336. The lowest BCUT2D eigenvalue weighted by Crippen LogP contribution is -2.36. The predicted molar refractivity (Wildman–Crippen MR) is 70.2 cm³/mol. The molecule has 2 atom stereocenters. The fourth-order valence-electron chi connectivity index (χ4n) is 2.11. The van der Waals surface area contributed by atoms with Gasteiger partial charge in [0.1, 0.15) is 0 Å². The highest BCUT2D eigenvalue weighted by atomic mass is 14.9. The summed E-state index contributed by atoms with van der Waals surface area (Å²) in [6, 6.07) is 0.709. The Balaban J connectivity index is 3.76. The van der Waals surface area contributed by atoms with Crippen molar-refractivity contribution in [3.8, 4) is 0 Å². The molecule has 0 aromatic carbocycles. The molecule has 0 aliphatic heterocycles. The summed E-state index contributed by atoms with van der Waals surface area (Å²) in [5, 5.41) is 3.73. The molecule has 0 spiro atoms. The third-order valence-corrected chi connectivity index (χ3v) is 3.46. The van der Waals surface area contributed by atoms with Gasteiger partial charge in [-0.25, -0.2) is 0 Å². The molecule has 15 heavy (non-hydrogen) atoms. The van der Waals surface area contributed by atoms with Crippen LogP contribution in [0.25, 0.3) is 0 Å². The van der Waals surface area contributed by atoms with Crippen LogP contribution in [0.15, 0.2) is 0 Å². The molecule has 1 heteroatoms. The Bertz CT molecular complexity index is 131. The van der Waals surface area contributed by atoms with E-state index in [2.05, 4.69) is 39.9 Å². The fourth-order valence-corrected chi connectivity index (χ4v) is 2.11. The molecule has 0 bridgehead atoms. The third-order valence-electron chi connectivity index (χ3n) is 3.46. The van der Waals surface area contributed by atoms with Crippen molar-refractivity contribution in [2.45, 2.75) is 72.8 Å². The van der Waals surface area contributed by atoms with Crippen LogP contribution in [0.2, 0.25) is 0 Å². The van der Waals surface area contributed by atoms with Crippen molar-refractivity contribution in [3.05, 3.63) is 0 Å². The zero-order valence-electron chi connectivity index (χ0n) is 11.5. The molecule has 0 amide bonds. The highest BCUT2D eigenvalue weighted by Crippen LogP contribution is 2.13. The number of unbranched alkanes of at least 4 members (excludes halogenated alkanes) is 1. The summed E-state index contributed by atoms with van der Waals surface area (Å²) >= 11 is 0. The maximum atomic E-state index is 3.73. The van der Waals surface area contributed by atoms with Crippen LogP contribution < -0.4 is 5.32 Å². The van der Waals surface area contributed by atoms with Crippen LogP contribution in [0.4, 0.5) is 0 Å². The molecule has 1 N–H and O–H groups in total. The van der Waals surface area contributed by atoms with E-state index in [1.807, 2.05) is 0 Å². The molecular formula is C14H31N. The Hall–Kier alpha value is -0.0400. The van der Waals surface area contributed by atoms with Crippen LogP contribution in [0, 0.1) is 11.8 Å². The van der Waals surface area contributed by atoms with Gasteiger partial charge in [0.05, 0.1) is 0 Å². The number of nitrogens with one attached hydrogen (secondary N) is 1. The minimum absolute atomic E-state index is 0.709. The predicted octanol–water partition coefficient (Wildman–Crippen LogP) is 4.23. The van der Waals surface area contributed by atoms with Crippen LogP contribution in [0.1, 0.15) is 66.7 Å². The van der Waals surface area contributed by atoms with Crippen molar-refractivity contribution in [3.63, 3.8) is 0 Å². The normalized spacial score (nSPS) is 15.6. The molecule has 0 aliphatic rings. The molecule has 0 aliphatic carbocycles. The Labute approximate surface area is 97.0 Å². The van der Waals surface area contributed by atoms with Gasteiger partial charge in [-0.15, -0.1) is 0 Å². The van der Waals surface area contributed by atoms with Crippen LogP contribution in [0.3, 0.4) is 0 Å². The summed E-state index contributed by atoms with van der Waals surface area (Å²) < 4.78 is 0. The Morgan fingerprint density at radius 2 is 1.67 bits per heavy atom. The number of rotatable bonds is 9. The second-order valence-corrected chi connectivity index (χ2v) is 5.08. The third kappa shape index (κ3) is 6.94. The quantitative estimate of drug-likeness (QED) is 0.604. The van der Waals surface area contributed by atoms with Gasteiger partial charge in [-0.05, 0) is 31.2 Å². The van der Waals surface area contributed by atoms with Crippen molar-refractivity contribution in [1.82, 2.24) is 5.32 Å². The van der Waals surface area contributed by atoms with Crippen molar-refractivity contribution in [2.24, 2.45) is 11.8 Å². The molecule has 0 rings (SSSR count). The van der Waals surface area contributed by atoms with Crippen LogP contribution in [0.5, 0.6) is 0 Å². The maximum Gasteiger partial charge on any atom is 0.00875 e. The maximum absolute atomic E-state index is 3.73. The highest BCUT2D eigenvalue weighted by Gasteiger charge is 2.12. The molecule has 0 fully saturated rings. The molecule has 0 saturated carbocycles. The van der Waals surface area contributed by atoms with E-state index in [0.717, 1.165) is 11.8 Å². The molecule has 0 radical (unpaired) electrons. The van der Waals surface area contributed by atoms with Gasteiger partial charge in [0.15, 0.2) is 0 Å². The second-order valence-electron chi connectivity index (χ2n) is 5.08. The fraction of sp³-hybridized carbons (Fsp3) is 1.00. The van der Waals surface area contributed by atoms with Crippen molar-refractivity contribution in [2.75, 3.05) is 6.54 Å². The van der Waals surface area contributed by atoms with Crippen LogP contribution in [-0.2, 0) is 0 Å². The largest absolute Gasteiger partial charge is 0.313 e. The van der Waals surface area contributed by atoms with E-state index in [9.17, 15) is 0 Å². The van der Waals surface area contributed by atoms with Crippen LogP contribution >= 0.6 is 0 Å². The molecule has 2 unspecified atom stereocenters. The van der Waals surface area contributed by atoms with Crippen molar-refractivity contribution < 1.29 is 0 Å². The molecular weight excluding hydrogens is 182 g/mol. The zero-order chi connectivity index (χ0) is 11.7. The topological polar surface area (TPSA) is 12.0 Å². The summed E-state index contributed by atoms with van der Waals surface area (Å²) in [4.78, 5) is 0. The molecule has 0 aromatic rings. The van der Waals surface area contributed by atoms with Gasteiger partial charge < -0.3 is 5.32 Å². The first-order chi connectivity index (χ1) is 7.15. The van der Waals surface area contributed by atoms with E-state index in [1.54, 1.807) is 0 Å². The van der Waals surface area contributed by atoms with Gasteiger partial charge in [0, 0.05) is 6.04 Å². The Morgan fingerprint density at radius 1 is 1.00 bits per heavy atom. The van der Waals surface area contributed by atoms with E-state index in [0.29, 0.717) is 6.04 Å². The molecule has 92 valence electrons. The summed E-state index contributed by atoms with van der Waals surface area (Å²) in [6.45, 7) is 12.7. The summed E-state index contributed by atoms with van der Waals surface area (Å²) in [7, 11) is 0. The highest BCUT2D eigenvalue weighted by molar-refractivity contribution is 4.71. The average molecular weight is 213 g/mol. The lowest BCUT2D eigenvalue weighted by atomic mass is 9.97. The van der Waals surface area contributed by atoms with E-state index < -0.39 is 0 Å². The van der Waals surface area contributed by atoms with Crippen molar-refractivity contribution in [1.29, 1.82) is 0 Å². The zero-order valence-corrected chi connectivity index (χ0v) is 11.5. The van der Waals surface area contributed by atoms with E-state index in [-0.39, 0.29) is 0 Å². The van der Waals surface area contributed by atoms with E-state index >= 15 is 0 Å². The lowest BCUT2D eigenvalue weighted by Gasteiger charge is -2.24. The van der Waals surface area contributed by atoms with Crippen molar-refractivity contribution >= 4 is 0 Å². The van der Waals surface area contributed by atoms with Gasteiger partial charge >= 0.3 is 0 Å². The van der Waals surface area contributed by atoms with Gasteiger partial charge in [0.2, 0.25) is 0 Å². The minimum Gasteiger partial charge on any atom is -0.313 e. The second kappa shape index (κ2) is 9.21. The van der Waals surface area contributed by atoms with E-state index in [4.69, 9.17) is 0 Å². The summed E-state index contributed by atoms with van der Waals surface area (Å²) in [5.41, 5.74) is 0. The summed E-state index contributed by atoms with van der Waals surface area (Å²) in [6.07, 6.45) is 6.69. The molecule has 0 saturated heterocycles. The molecule has 1 nitrogen and oxygen atoms in total. The SMILES string of the molecule is CCCCC(CC)CNC(CC)C(C)C. The standard InChI is InChI=1S/C14H31N/c1-6-9-10-13(7-2)11-15-14(8-3)12(4)5/h12-15H,6-11H2,1-5H3. The number of hydrogen-bond donors (Lipinski definition) is 1. The minimum atomic E-state index is 0.709. The molecule has 0 aromatic heterocycles. The Kier molecular flexibility index (Phi) is 9.18. The molecule has 0 heterocycles. The van der Waals surface area contributed by atoms with E-state index in [1.165, 1.54) is 38.6 Å². The average Bonchev–Trinajstić information content (AvgIpc) is 2.23. The number of hydrogen-bond acceptors (Lipinski definition) is 1. The first-order valence-corrected chi connectivity index (χ1v) is 6.88. The van der Waals surface area contributed by atoms with Gasteiger partial charge in [-0.1, -0.05) is 53.9 Å². The first kappa shape index (κ1) is 15.0. The smallest absolute Gasteiger partial charge is 0.00875 e. The van der Waals surface area contributed by atoms with Gasteiger partial charge in [-0.3, -0.25) is 0 Å². The first-order valence-electron chi connectivity index (χ1n) is 6.88. The van der Waals surface area contributed by atoms with Gasteiger partial charge in [-0.2, -0.15) is 0 Å². The van der Waals surface area contributed by atoms with Gasteiger partial charge in [0.25, 0.3) is 0 Å². The monoisotopic (exact) mass is 213 g/mol. The Morgan fingerprint density at radius 3 is 2.07 bits per heavy atom.